The number of nitrogens with zero attached hydrogens (tertiary/aromatic N) is 2. The topological polar surface area (TPSA) is 78.1 Å². The van der Waals surface area contributed by atoms with Gasteiger partial charge in [-0.05, 0) is 60.2 Å². The summed E-state index contributed by atoms with van der Waals surface area (Å²) in [5.74, 6) is 0.238. The number of carbonyl (C=O) groups is 2. The van der Waals surface area contributed by atoms with Crippen molar-refractivity contribution in [1.82, 2.24) is 9.97 Å². The molecule has 0 bridgehead atoms. The van der Waals surface area contributed by atoms with Crippen molar-refractivity contribution in [3.63, 3.8) is 0 Å². The van der Waals surface area contributed by atoms with Crippen molar-refractivity contribution in [2.24, 2.45) is 0 Å². The Kier molecular flexibility index (Phi) is 5.88. The van der Waals surface area contributed by atoms with Gasteiger partial charge >= 0.3 is 0 Å². The molecule has 0 fully saturated rings. The SMILES string of the molecule is CC(C)c1ccc(CC(=O)N2CCCc3ncc(C(=O)Nc4ccc5[nH]ccc5c4)cc32)cc1. The van der Waals surface area contributed by atoms with E-state index in [9.17, 15) is 9.59 Å². The molecule has 0 unspecified atom stereocenters. The van der Waals surface area contributed by atoms with Gasteiger partial charge in [-0.2, -0.15) is 0 Å². The zero-order chi connectivity index (χ0) is 23.7. The van der Waals surface area contributed by atoms with E-state index in [1.165, 1.54) is 5.56 Å². The van der Waals surface area contributed by atoms with Crippen LogP contribution in [0.25, 0.3) is 10.9 Å². The van der Waals surface area contributed by atoms with Crippen molar-refractivity contribution >= 4 is 34.1 Å². The molecule has 2 aromatic carbocycles. The summed E-state index contributed by atoms with van der Waals surface area (Å²) in [7, 11) is 0. The van der Waals surface area contributed by atoms with Gasteiger partial charge in [0.1, 0.15) is 0 Å². The number of hydrogen-bond donors (Lipinski definition) is 2. The lowest BCUT2D eigenvalue weighted by molar-refractivity contribution is -0.118. The van der Waals surface area contributed by atoms with E-state index in [1.807, 2.05) is 42.6 Å². The fourth-order valence-electron chi connectivity index (χ4n) is 4.44. The van der Waals surface area contributed by atoms with Crippen molar-refractivity contribution in [1.29, 1.82) is 0 Å². The highest BCUT2D eigenvalue weighted by atomic mass is 16.2. The number of anilines is 2. The van der Waals surface area contributed by atoms with Gasteiger partial charge in [-0.15, -0.1) is 0 Å². The van der Waals surface area contributed by atoms with Gasteiger partial charge in [-0.1, -0.05) is 38.1 Å². The standard InChI is InChI=1S/C28H28N4O2/c1-18(2)20-7-5-19(6-8-20)14-27(33)32-13-3-4-25-26(32)16-22(17-30-25)28(34)31-23-9-10-24-21(15-23)11-12-29-24/h5-12,15-18,29H,3-4,13-14H2,1-2H3,(H,31,34). The van der Waals surface area contributed by atoms with Crippen LogP contribution in [-0.4, -0.2) is 28.3 Å². The molecule has 2 amide bonds. The highest BCUT2D eigenvalue weighted by Gasteiger charge is 2.25. The third-order valence-electron chi connectivity index (χ3n) is 6.41. The minimum Gasteiger partial charge on any atom is -0.361 e. The second-order valence-electron chi connectivity index (χ2n) is 9.15. The number of aryl methyl sites for hydroxylation is 1. The normalized spacial score (nSPS) is 13.2. The lowest BCUT2D eigenvalue weighted by atomic mass is 10.00. The Labute approximate surface area is 199 Å². The molecule has 6 heteroatoms. The lowest BCUT2D eigenvalue weighted by Crippen LogP contribution is -2.37. The van der Waals surface area contributed by atoms with E-state index in [0.717, 1.165) is 40.7 Å². The number of benzene rings is 2. The van der Waals surface area contributed by atoms with E-state index in [-0.39, 0.29) is 11.8 Å². The van der Waals surface area contributed by atoms with E-state index >= 15 is 0 Å². The minimum absolute atomic E-state index is 0.0236. The Morgan fingerprint density at radius 1 is 1.09 bits per heavy atom. The number of fused-ring (bicyclic) bond motifs is 2. The maximum Gasteiger partial charge on any atom is 0.257 e. The minimum atomic E-state index is -0.243. The molecule has 1 aliphatic heterocycles. The zero-order valence-electron chi connectivity index (χ0n) is 19.5. The van der Waals surface area contributed by atoms with Gasteiger partial charge in [-0.25, -0.2) is 0 Å². The summed E-state index contributed by atoms with van der Waals surface area (Å²) < 4.78 is 0. The van der Waals surface area contributed by atoms with E-state index in [4.69, 9.17) is 0 Å². The van der Waals surface area contributed by atoms with Crippen LogP contribution in [0.1, 0.15) is 53.4 Å². The quantitative estimate of drug-likeness (QED) is 0.422. The molecule has 6 nitrogen and oxygen atoms in total. The smallest absolute Gasteiger partial charge is 0.257 e. The van der Waals surface area contributed by atoms with Gasteiger partial charge in [0.25, 0.3) is 5.91 Å². The number of amides is 2. The summed E-state index contributed by atoms with van der Waals surface area (Å²) in [5.41, 5.74) is 6.02. The summed E-state index contributed by atoms with van der Waals surface area (Å²) in [6, 6.07) is 17.7. The van der Waals surface area contributed by atoms with Crippen molar-refractivity contribution < 1.29 is 9.59 Å². The number of rotatable bonds is 5. The monoisotopic (exact) mass is 452 g/mol. The molecule has 4 aromatic rings. The molecule has 0 atom stereocenters. The fourth-order valence-corrected chi connectivity index (χ4v) is 4.44. The number of nitrogens with one attached hydrogen (secondary N) is 2. The third kappa shape index (κ3) is 4.44. The summed E-state index contributed by atoms with van der Waals surface area (Å²) in [4.78, 5) is 35.6. The Morgan fingerprint density at radius 2 is 1.91 bits per heavy atom. The highest BCUT2D eigenvalue weighted by molar-refractivity contribution is 6.06. The zero-order valence-corrected chi connectivity index (χ0v) is 19.5. The average Bonchev–Trinajstić information content (AvgIpc) is 3.31. The van der Waals surface area contributed by atoms with E-state index < -0.39 is 0 Å². The summed E-state index contributed by atoms with van der Waals surface area (Å²) in [6.45, 7) is 4.95. The van der Waals surface area contributed by atoms with Crippen LogP contribution in [0.4, 0.5) is 11.4 Å². The van der Waals surface area contributed by atoms with Gasteiger partial charge in [-0.3, -0.25) is 14.6 Å². The van der Waals surface area contributed by atoms with Crippen molar-refractivity contribution in [3.8, 4) is 0 Å². The first-order valence-corrected chi connectivity index (χ1v) is 11.7. The molecule has 1 aliphatic rings. The van der Waals surface area contributed by atoms with Gasteiger partial charge < -0.3 is 15.2 Å². The lowest BCUT2D eigenvalue weighted by Gasteiger charge is -2.29. The van der Waals surface area contributed by atoms with Crippen LogP contribution in [-0.2, 0) is 17.6 Å². The second-order valence-corrected chi connectivity index (χ2v) is 9.15. The number of H-pyrrole nitrogens is 1. The van der Waals surface area contributed by atoms with Crippen molar-refractivity contribution in [3.05, 3.63) is 89.4 Å². The molecule has 0 saturated carbocycles. The first-order chi connectivity index (χ1) is 16.5. The van der Waals surface area contributed by atoms with E-state index in [1.54, 1.807) is 17.2 Å². The van der Waals surface area contributed by atoms with E-state index in [0.29, 0.717) is 30.1 Å². The first kappa shape index (κ1) is 21.9. The van der Waals surface area contributed by atoms with Crippen LogP contribution in [0.2, 0.25) is 0 Å². The fraction of sp³-hybridized carbons (Fsp3) is 0.250. The number of hydrogen-bond acceptors (Lipinski definition) is 3. The largest absolute Gasteiger partial charge is 0.361 e. The Hall–Kier alpha value is -3.93. The first-order valence-electron chi connectivity index (χ1n) is 11.7. The van der Waals surface area contributed by atoms with E-state index in [2.05, 4.69) is 41.3 Å². The average molecular weight is 453 g/mol. The van der Waals surface area contributed by atoms with Crippen LogP contribution in [0, 0.1) is 0 Å². The molecule has 0 spiro atoms. The molecule has 3 heterocycles. The van der Waals surface area contributed by atoms with Crippen LogP contribution in [0.3, 0.4) is 0 Å². The number of pyridine rings is 1. The maximum atomic E-state index is 13.2. The molecule has 0 radical (unpaired) electrons. The van der Waals surface area contributed by atoms with Gasteiger partial charge in [0.15, 0.2) is 0 Å². The molecule has 2 aromatic heterocycles. The maximum absolute atomic E-state index is 13.2. The number of carbonyl (C=O) groups excluding carboxylic acids is 2. The molecule has 0 aliphatic carbocycles. The second kappa shape index (κ2) is 9.14. The van der Waals surface area contributed by atoms with Crippen LogP contribution < -0.4 is 10.2 Å². The Morgan fingerprint density at radius 3 is 2.71 bits per heavy atom. The number of aromatic nitrogens is 2. The van der Waals surface area contributed by atoms with Crippen molar-refractivity contribution in [2.45, 2.75) is 39.0 Å². The summed E-state index contributed by atoms with van der Waals surface area (Å²) >= 11 is 0. The Balaban J connectivity index is 1.34. The van der Waals surface area contributed by atoms with Crippen LogP contribution >= 0.6 is 0 Å². The van der Waals surface area contributed by atoms with Crippen LogP contribution in [0.5, 0.6) is 0 Å². The molecule has 0 saturated heterocycles. The molecule has 34 heavy (non-hydrogen) atoms. The Bertz CT molecular complexity index is 1350. The highest BCUT2D eigenvalue weighted by Crippen LogP contribution is 2.28. The molecule has 172 valence electrons. The predicted molar refractivity (Wildman–Crippen MR) is 135 cm³/mol. The molecular weight excluding hydrogens is 424 g/mol. The van der Waals surface area contributed by atoms with Crippen molar-refractivity contribution in [2.75, 3.05) is 16.8 Å². The van der Waals surface area contributed by atoms with Gasteiger partial charge in [0, 0.05) is 35.5 Å². The predicted octanol–water partition coefficient (Wildman–Crippen LogP) is 5.46. The molecular formula is C28H28N4O2. The van der Waals surface area contributed by atoms with Crippen LogP contribution in [0.15, 0.2) is 67.0 Å². The van der Waals surface area contributed by atoms with Gasteiger partial charge in [0.2, 0.25) is 5.91 Å². The summed E-state index contributed by atoms with van der Waals surface area (Å²) in [5, 5.41) is 3.98. The molecule has 5 rings (SSSR count). The molecule has 2 N–H and O–H groups in total. The van der Waals surface area contributed by atoms with Gasteiger partial charge in [0.05, 0.1) is 23.4 Å². The summed E-state index contributed by atoms with van der Waals surface area (Å²) in [6.07, 6.45) is 5.45. The third-order valence-corrected chi connectivity index (χ3v) is 6.41. The number of aromatic amines is 1.